The molecule has 1 aromatic carbocycles. The van der Waals surface area contributed by atoms with E-state index in [0.717, 1.165) is 11.1 Å². The number of anilines is 1. The van der Waals surface area contributed by atoms with Crippen LogP contribution in [0.15, 0.2) is 46.1 Å². The van der Waals surface area contributed by atoms with Gasteiger partial charge in [0.05, 0.1) is 18.0 Å². The summed E-state index contributed by atoms with van der Waals surface area (Å²) in [6.07, 6.45) is 5.40. The quantitative estimate of drug-likeness (QED) is 0.681. The summed E-state index contributed by atoms with van der Waals surface area (Å²) in [4.78, 5) is 14.1. The number of carbonyl (C=O) groups excluding carboxylic acids is 1. The van der Waals surface area contributed by atoms with Crippen molar-refractivity contribution in [3.63, 3.8) is 0 Å². The van der Waals surface area contributed by atoms with Gasteiger partial charge in [0, 0.05) is 18.3 Å². The van der Waals surface area contributed by atoms with Gasteiger partial charge < -0.3 is 9.32 Å². The van der Waals surface area contributed by atoms with Crippen molar-refractivity contribution in [3.05, 3.63) is 59.1 Å². The van der Waals surface area contributed by atoms with Crippen LogP contribution in [-0.2, 0) is 0 Å². The maximum atomic E-state index is 11.8. The maximum absolute atomic E-state index is 11.8. The second kappa shape index (κ2) is 6.24. The van der Waals surface area contributed by atoms with E-state index in [1.165, 1.54) is 23.1 Å². The number of benzene rings is 1. The first-order chi connectivity index (χ1) is 11.8. The van der Waals surface area contributed by atoms with E-state index < -0.39 is 0 Å². The van der Waals surface area contributed by atoms with E-state index in [0.29, 0.717) is 0 Å². The van der Waals surface area contributed by atoms with Gasteiger partial charge in [-0.15, -0.1) is 0 Å². The van der Waals surface area contributed by atoms with E-state index in [2.05, 4.69) is 61.5 Å². The molecule has 0 atom stereocenters. The third kappa shape index (κ3) is 3.22. The number of carbonyl (C=O) groups is 1. The molecule has 0 spiro atoms. The molecule has 1 amide bonds. The molecule has 0 saturated carbocycles. The lowest BCUT2D eigenvalue weighted by atomic mass is 9.87. The number of hydrogen-bond donors (Lipinski definition) is 1. The Morgan fingerprint density at radius 3 is 2.76 bits per heavy atom. The standard InChI is InChI=1S/C20H23N3O2/c1-13-9-17-16(14(2)11-20(3,4)23(17)5)10-15(13)12-21-22-19(24)18-7-6-8-25-18/h6-12H,1-5H3,(H,22,24)/b21-12-. The fraction of sp³-hybridized carbons (Fsp3) is 0.300. The van der Waals surface area contributed by atoms with Crippen molar-refractivity contribution < 1.29 is 9.21 Å². The first-order valence-corrected chi connectivity index (χ1v) is 8.25. The van der Waals surface area contributed by atoms with Crippen molar-refractivity contribution in [2.45, 2.75) is 33.2 Å². The van der Waals surface area contributed by atoms with Gasteiger partial charge >= 0.3 is 5.91 Å². The van der Waals surface area contributed by atoms with Gasteiger partial charge in [0.1, 0.15) is 0 Å². The average molecular weight is 337 g/mol. The Bertz CT molecular complexity index is 861. The topological polar surface area (TPSA) is 57.8 Å². The Labute approximate surface area is 148 Å². The smallest absolute Gasteiger partial charge is 0.307 e. The van der Waals surface area contributed by atoms with Crippen LogP contribution < -0.4 is 10.3 Å². The number of nitrogens with one attached hydrogen (secondary N) is 1. The van der Waals surface area contributed by atoms with Crippen LogP contribution in [0.2, 0.25) is 0 Å². The van der Waals surface area contributed by atoms with Gasteiger partial charge in [-0.1, -0.05) is 6.08 Å². The van der Waals surface area contributed by atoms with E-state index in [9.17, 15) is 4.79 Å². The molecule has 1 aliphatic heterocycles. The highest BCUT2D eigenvalue weighted by Crippen LogP contribution is 2.38. The molecule has 0 aliphatic carbocycles. The molecule has 1 N–H and O–H groups in total. The fourth-order valence-electron chi connectivity index (χ4n) is 3.08. The van der Waals surface area contributed by atoms with Crippen molar-refractivity contribution in [1.29, 1.82) is 0 Å². The van der Waals surface area contributed by atoms with E-state index in [1.807, 2.05) is 6.92 Å². The largest absolute Gasteiger partial charge is 0.459 e. The zero-order chi connectivity index (χ0) is 18.2. The number of amides is 1. The SMILES string of the molecule is CC1=CC(C)(C)N(C)c2cc(C)c(/C=N\NC(=O)c3ccco3)cc21. The first kappa shape index (κ1) is 17.0. The normalized spacial score (nSPS) is 15.9. The number of likely N-dealkylation sites (N-methyl/N-ethyl adjacent to an activating group) is 1. The van der Waals surface area contributed by atoms with Gasteiger partial charge in [-0.05, 0) is 68.7 Å². The van der Waals surface area contributed by atoms with Gasteiger partial charge in [0.15, 0.2) is 5.76 Å². The number of nitrogens with zero attached hydrogens (tertiary/aromatic N) is 2. The van der Waals surface area contributed by atoms with Crippen LogP contribution >= 0.6 is 0 Å². The highest BCUT2D eigenvalue weighted by Gasteiger charge is 2.28. The maximum Gasteiger partial charge on any atom is 0.307 e. The van der Waals surface area contributed by atoms with Crippen LogP contribution in [0, 0.1) is 6.92 Å². The summed E-state index contributed by atoms with van der Waals surface area (Å²) in [5.74, 6) is -0.128. The van der Waals surface area contributed by atoms with Gasteiger partial charge in [-0.25, -0.2) is 5.43 Å². The minimum atomic E-state index is -0.366. The zero-order valence-corrected chi connectivity index (χ0v) is 15.3. The molecule has 130 valence electrons. The number of aryl methyl sites for hydroxylation is 1. The molecule has 3 rings (SSSR count). The minimum Gasteiger partial charge on any atom is -0.459 e. The van der Waals surface area contributed by atoms with Crippen molar-refractivity contribution in [1.82, 2.24) is 5.43 Å². The molecule has 0 unspecified atom stereocenters. The summed E-state index contributed by atoms with van der Waals surface area (Å²) in [6.45, 7) is 8.58. The van der Waals surface area contributed by atoms with E-state index in [4.69, 9.17) is 4.42 Å². The number of hydrogen-bond acceptors (Lipinski definition) is 4. The number of hydrazone groups is 1. The molecule has 25 heavy (non-hydrogen) atoms. The number of fused-ring (bicyclic) bond motifs is 1. The average Bonchev–Trinajstić information content (AvgIpc) is 3.08. The predicted octanol–water partition coefficient (Wildman–Crippen LogP) is 3.98. The Morgan fingerprint density at radius 1 is 1.32 bits per heavy atom. The lowest BCUT2D eigenvalue weighted by molar-refractivity contribution is 0.0927. The van der Waals surface area contributed by atoms with E-state index in [-0.39, 0.29) is 17.2 Å². The van der Waals surface area contributed by atoms with Gasteiger partial charge in [-0.3, -0.25) is 4.79 Å². The minimum absolute atomic E-state index is 0.0177. The van der Waals surface area contributed by atoms with Crippen LogP contribution in [-0.4, -0.2) is 24.7 Å². The molecular formula is C20H23N3O2. The molecule has 5 heteroatoms. The summed E-state index contributed by atoms with van der Waals surface area (Å²) in [6, 6.07) is 7.55. The van der Waals surface area contributed by atoms with Gasteiger partial charge in [0.25, 0.3) is 0 Å². The Kier molecular flexibility index (Phi) is 4.25. The molecule has 2 heterocycles. The predicted molar refractivity (Wildman–Crippen MR) is 101 cm³/mol. The molecule has 2 aromatic rings. The Balaban J connectivity index is 1.86. The third-order valence-electron chi connectivity index (χ3n) is 4.72. The van der Waals surface area contributed by atoms with Crippen molar-refractivity contribution >= 4 is 23.4 Å². The molecule has 0 saturated heterocycles. The van der Waals surface area contributed by atoms with Crippen molar-refractivity contribution in [2.75, 3.05) is 11.9 Å². The van der Waals surface area contributed by atoms with E-state index in [1.54, 1.807) is 18.3 Å². The van der Waals surface area contributed by atoms with E-state index >= 15 is 0 Å². The molecule has 1 aromatic heterocycles. The summed E-state index contributed by atoms with van der Waals surface area (Å²) in [5.41, 5.74) is 8.18. The zero-order valence-electron chi connectivity index (χ0n) is 15.3. The van der Waals surface area contributed by atoms with Gasteiger partial charge in [0.2, 0.25) is 0 Å². The summed E-state index contributed by atoms with van der Waals surface area (Å²) < 4.78 is 5.04. The van der Waals surface area contributed by atoms with Crippen molar-refractivity contribution in [2.24, 2.45) is 5.10 Å². The highest BCUT2D eigenvalue weighted by molar-refractivity contribution is 5.93. The Morgan fingerprint density at radius 2 is 2.08 bits per heavy atom. The summed E-state index contributed by atoms with van der Waals surface area (Å²) in [5, 5.41) is 4.06. The monoisotopic (exact) mass is 337 g/mol. The molecule has 0 bridgehead atoms. The number of furan rings is 1. The third-order valence-corrected chi connectivity index (χ3v) is 4.72. The number of allylic oxidation sites excluding steroid dienone is 1. The lowest BCUT2D eigenvalue weighted by Gasteiger charge is -2.41. The molecule has 0 fully saturated rings. The summed E-state index contributed by atoms with van der Waals surface area (Å²) >= 11 is 0. The van der Waals surface area contributed by atoms with Crippen LogP contribution in [0.25, 0.3) is 5.57 Å². The van der Waals surface area contributed by atoms with Gasteiger partial charge in [-0.2, -0.15) is 5.10 Å². The lowest BCUT2D eigenvalue weighted by Crippen LogP contribution is -2.42. The molecule has 0 radical (unpaired) electrons. The second-order valence-corrected chi connectivity index (χ2v) is 6.94. The molecule has 5 nitrogen and oxygen atoms in total. The molecular weight excluding hydrogens is 314 g/mol. The van der Waals surface area contributed by atoms with Crippen LogP contribution in [0.1, 0.15) is 48.0 Å². The second-order valence-electron chi connectivity index (χ2n) is 6.94. The van der Waals surface area contributed by atoms with Crippen LogP contribution in [0.5, 0.6) is 0 Å². The highest BCUT2D eigenvalue weighted by atomic mass is 16.3. The first-order valence-electron chi connectivity index (χ1n) is 8.25. The fourth-order valence-corrected chi connectivity index (χ4v) is 3.08. The van der Waals surface area contributed by atoms with Crippen LogP contribution in [0.4, 0.5) is 5.69 Å². The van der Waals surface area contributed by atoms with Crippen molar-refractivity contribution in [3.8, 4) is 0 Å². The summed E-state index contributed by atoms with van der Waals surface area (Å²) in [7, 11) is 2.11. The van der Waals surface area contributed by atoms with Crippen LogP contribution in [0.3, 0.4) is 0 Å². The number of rotatable bonds is 3. The Hall–Kier alpha value is -2.82. The molecule has 1 aliphatic rings.